The first-order valence-corrected chi connectivity index (χ1v) is 16.9. The first-order chi connectivity index (χ1) is 24.2. The average Bonchev–Trinajstić information content (AvgIpc) is 3.53. The van der Waals surface area contributed by atoms with Crippen molar-refractivity contribution in [3.63, 3.8) is 0 Å². The quantitative estimate of drug-likeness (QED) is 0.138. The Hall–Kier alpha value is -6.44. The van der Waals surface area contributed by atoms with Crippen LogP contribution in [0, 0.1) is 0 Å². The molecule has 0 aliphatic carbocycles. The van der Waals surface area contributed by atoms with Crippen LogP contribution < -0.4 is 0 Å². The number of rotatable bonds is 2. The van der Waals surface area contributed by atoms with E-state index in [1.807, 2.05) is 0 Å². The molecule has 0 amide bonds. The molecule has 1 heteroatoms. The molecule has 11 aromatic rings. The van der Waals surface area contributed by atoms with E-state index in [4.69, 9.17) is 4.42 Å². The minimum Gasteiger partial charge on any atom is -0.456 e. The predicted octanol–water partition coefficient (Wildman–Crippen LogP) is 13.8. The second-order valence-electron chi connectivity index (χ2n) is 13.3. The summed E-state index contributed by atoms with van der Waals surface area (Å²) in [7, 11) is 0. The summed E-state index contributed by atoms with van der Waals surface area (Å²) in [5.41, 5.74) is 6.56. The van der Waals surface area contributed by atoms with E-state index in [1.54, 1.807) is 0 Å². The largest absolute Gasteiger partial charge is 0.456 e. The van der Waals surface area contributed by atoms with E-state index in [0.29, 0.717) is 0 Å². The smallest absolute Gasteiger partial charge is 0.136 e. The highest BCUT2D eigenvalue weighted by molar-refractivity contribution is 6.17. The molecule has 0 N–H and O–H groups in total. The third-order valence-electron chi connectivity index (χ3n) is 10.6. The van der Waals surface area contributed by atoms with E-state index in [9.17, 15) is 0 Å². The molecule has 0 atom stereocenters. The van der Waals surface area contributed by atoms with Crippen LogP contribution in [0.3, 0.4) is 0 Å². The standard InChI is InChI=1S/C48H28O/c1-3-9-31-25-45-33(23-29(31)7-1)15-19-41-37(11-5-13-39(41)45)35-17-21-43-44-22-18-36(28-48(44)49-47(43)27-35)38-12-6-14-40-42(38)20-16-34-24-30-8-2-4-10-32(30)26-46(34)40/h1-28H. The maximum Gasteiger partial charge on any atom is 0.136 e. The van der Waals surface area contributed by atoms with Gasteiger partial charge in [0.25, 0.3) is 0 Å². The predicted molar refractivity (Wildman–Crippen MR) is 210 cm³/mol. The summed E-state index contributed by atoms with van der Waals surface area (Å²) >= 11 is 0. The molecule has 11 rings (SSSR count). The molecule has 0 fully saturated rings. The van der Waals surface area contributed by atoms with Crippen molar-refractivity contribution < 1.29 is 4.42 Å². The summed E-state index contributed by atoms with van der Waals surface area (Å²) in [6.07, 6.45) is 0. The topological polar surface area (TPSA) is 13.1 Å². The van der Waals surface area contributed by atoms with Crippen LogP contribution in [0.1, 0.15) is 0 Å². The zero-order valence-corrected chi connectivity index (χ0v) is 26.6. The zero-order chi connectivity index (χ0) is 32.1. The van der Waals surface area contributed by atoms with Crippen molar-refractivity contribution in [3.05, 3.63) is 170 Å². The van der Waals surface area contributed by atoms with Gasteiger partial charge in [0.05, 0.1) is 0 Å². The van der Waals surface area contributed by atoms with E-state index >= 15 is 0 Å². The lowest BCUT2D eigenvalue weighted by Gasteiger charge is -2.11. The second-order valence-corrected chi connectivity index (χ2v) is 13.3. The van der Waals surface area contributed by atoms with Crippen molar-refractivity contribution in [3.8, 4) is 22.3 Å². The Morgan fingerprint density at radius 2 is 0.673 bits per heavy atom. The van der Waals surface area contributed by atoms with Crippen LogP contribution >= 0.6 is 0 Å². The monoisotopic (exact) mass is 620 g/mol. The van der Waals surface area contributed by atoms with E-state index in [2.05, 4.69) is 170 Å². The van der Waals surface area contributed by atoms with Gasteiger partial charge in [-0.2, -0.15) is 0 Å². The fourth-order valence-electron chi connectivity index (χ4n) is 8.18. The Kier molecular flexibility index (Phi) is 5.45. The Balaban J connectivity index is 1.04. The summed E-state index contributed by atoms with van der Waals surface area (Å²) in [5.74, 6) is 0. The molecule has 1 aromatic heterocycles. The normalized spacial score (nSPS) is 12.1. The molecular formula is C48H28O. The highest BCUT2D eigenvalue weighted by Gasteiger charge is 2.14. The summed E-state index contributed by atoms with van der Waals surface area (Å²) in [5, 5.41) is 17.5. The Bertz CT molecular complexity index is 2950. The van der Waals surface area contributed by atoms with Gasteiger partial charge < -0.3 is 4.42 Å². The van der Waals surface area contributed by atoms with E-state index in [1.165, 1.54) is 75.8 Å². The SMILES string of the molecule is c1ccc2cc3c(ccc4c(-c5ccc6c(c5)oc5cc(-c7cccc8c7ccc7cc9ccccc9cc78)ccc56)cccc43)cc2c1. The summed E-state index contributed by atoms with van der Waals surface area (Å²) in [6.45, 7) is 0. The van der Waals surface area contributed by atoms with Crippen molar-refractivity contribution in [2.45, 2.75) is 0 Å². The van der Waals surface area contributed by atoms with Crippen LogP contribution in [0.15, 0.2) is 174 Å². The van der Waals surface area contributed by atoms with Gasteiger partial charge in [0, 0.05) is 10.8 Å². The molecule has 1 nitrogen and oxygen atoms in total. The second kappa shape index (κ2) is 10.0. The molecule has 0 saturated carbocycles. The van der Waals surface area contributed by atoms with Gasteiger partial charge in [-0.05, 0) is 135 Å². The van der Waals surface area contributed by atoms with Crippen LogP contribution in [-0.2, 0) is 0 Å². The van der Waals surface area contributed by atoms with Crippen molar-refractivity contribution in [1.29, 1.82) is 0 Å². The van der Waals surface area contributed by atoms with Gasteiger partial charge in [0.15, 0.2) is 0 Å². The van der Waals surface area contributed by atoms with Gasteiger partial charge in [0.1, 0.15) is 11.2 Å². The number of hydrogen-bond donors (Lipinski definition) is 0. The van der Waals surface area contributed by atoms with E-state index < -0.39 is 0 Å². The molecule has 0 aliphatic rings. The van der Waals surface area contributed by atoms with Crippen LogP contribution in [0.4, 0.5) is 0 Å². The first kappa shape index (κ1) is 26.6. The van der Waals surface area contributed by atoms with Gasteiger partial charge in [-0.15, -0.1) is 0 Å². The highest BCUT2D eigenvalue weighted by atomic mass is 16.3. The Morgan fingerprint density at radius 3 is 1.14 bits per heavy atom. The molecule has 0 bridgehead atoms. The summed E-state index contributed by atoms with van der Waals surface area (Å²) in [6, 6.07) is 62.2. The summed E-state index contributed by atoms with van der Waals surface area (Å²) in [4.78, 5) is 0. The van der Waals surface area contributed by atoms with E-state index in [0.717, 1.165) is 33.1 Å². The lowest BCUT2D eigenvalue weighted by molar-refractivity contribution is 0.669. The van der Waals surface area contributed by atoms with Crippen molar-refractivity contribution in [2.24, 2.45) is 0 Å². The lowest BCUT2D eigenvalue weighted by Crippen LogP contribution is -1.84. The van der Waals surface area contributed by atoms with Crippen LogP contribution in [0.2, 0.25) is 0 Å². The fourth-order valence-corrected chi connectivity index (χ4v) is 8.18. The van der Waals surface area contributed by atoms with Crippen LogP contribution in [0.5, 0.6) is 0 Å². The molecule has 0 saturated heterocycles. The van der Waals surface area contributed by atoms with E-state index in [-0.39, 0.29) is 0 Å². The molecule has 226 valence electrons. The van der Waals surface area contributed by atoms with Crippen LogP contribution in [-0.4, -0.2) is 0 Å². The van der Waals surface area contributed by atoms with Crippen molar-refractivity contribution in [2.75, 3.05) is 0 Å². The average molecular weight is 621 g/mol. The first-order valence-electron chi connectivity index (χ1n) is 16.9. The molecule has 10 aromatic carbocycles. The maximum absolute atomic E-state index is 6.64. The molecule has 1 heterocycles. The fraction of sp³-hybridized carbons (Fsp3) is 0. The minimum atomic E-state index is 0.907. The van der Waals surface area contributed by atoms with Crippen molar-refractivity contribution in [1.82, 2.24) is 0 Å². The minimum absolute atomic E-state index is 0.907. The van der Waals surface area contributed by atoms with Gasteiger partial charge in [-0.3, -0.25) is 0 Å². The molecule has 0 radical (unpaired) electrons. The summed E-state index contributed by atoms with van der Waals surface area (Å²) < 4.78 is 6.64. The third kappa shape index (κ3) is 4.00. The molecule has 0 spiro atoms. The molecule has 0 unspecified atom stereocenters. The van der Waals surface area contributed by atoms with Crippen LogP contribution in [0.25, 0.3) is 109 Å². The molecular weight excluding hydrogens is 593 g/mol. The Morgan fingerprint density at radius 1 is 0.245 bits per heavy atom. The van der Waals surface area contributed by atoms with Gasteiger partial charge in [0.2, 0.25) is 0 Å². The number of furan rings is 1. The maximum atomic E-state index is 6.64. The number of benzene rings is 10. The molecule has 49 heavy (non-hydrogen) atoms. The zero-order valence-electron chi connectivity index (χ0n) is 26.6. The van der Waals surface area contributed by atoms with Gasteiger partial charge in [-0.1, -0.05) is 121 Å². The highest BCUT2D eigenvalue weighted by Crippen LogP contribution is 2.40. The van der Waals surface area contributed by atoms with Gasteiger partial charge in [-0.25, -0.2) is 0 Å². The molecule has 0 aliphatic heterocycles. The number of hydrogen-bond acceptors (Lipinski definition) is 1. The van der Waals surface area contributed by atoms with Gasteiger partial charge >= 0.3 is 0 Å². The Labute approximate surface area is 282 Å². The third-order valence-corrected chi connectivity index (χ3v) is 10.6. The van der Waals surface area contributed by atoms with Crippen molar-refractivity contribution >= 4 is 86.6 Å². The lowest BCUT2D eigenvalue weighted by atomic mass is 9.92. The number of fused-ring (bicyclic) bond motifs is 11.